The Labute approximate surface area is 124 Å². The molecule has 8 heteroatoms. The van der Waals surface area contributed by atoms with E-state index in [-0.39, 0.29) is 24.9 Å². The topological polar surface area (TPSA) is 84.4 Å². The monoisotopic (exact) mass is 302 g/mol. The number of nitrogens with zero attached hydrogens (tertiary/aromatic N) is 3. The smallest absolute Gasteiger partial charge is 0.266 e. The van der Waals surface area contributed by atoms with Crippen molar-refractivity contribution < 1.29 is 18.7 Å². The summed E-state index contributed by atoms with van der Waals surface area (Å²) in [5.74, 6) is -0.400. The Morgan fingerprint density at radius 1 is 1.36 bits per heavy atom. The molecule has 1 N–H and O–H groups in total. The summed E-state index contributed by atoms with van der Waals surface area (Å²) in [5.41, 5.74) is 0. The lowest BCUT2D eigenvalue weighted by Crippen LogP contribution is -2.44. The number of hydrogen-bond acceptors (Lipinski definition) is 5. The molecule has 112 valence electrons. The van der Waals surface area contributed by atoms with Gasteiger partial charge in [-0.15, -0.1) is 0 Å². The second-order valence-electron chi connectivity index (χ2n) is 4.50. The highest BCUT2D eigenvalue weighted by Gasteiger charge is 2.28. The molecule has 0 aromatic carbocycles. The molecule has 1 aliphatic heterocycles. The molecule has 0 fully saturated rings. The van der Waals surface area contributed by atoms with Gasteiger partial charge in [0, 0.05) is 6.20 Å². The Morgan fingerprint density at radius 3 is 3.00 bits per heavy atom. The van der Waals surface area contributed by atoms with Gasteiger partial charge in [-0.2, -0.15) is 0 Å². The van der Waals surface area contributed by atoms with Gasteiger partial charge < -0.3 is 10.1 Å². The standard InChI is InChI=1S/C14H11FN4O3/c15-9-3-4-11(17-6-9)18-12(20)7-19-13(21)8-22-10-2-1-5-16-14(10)19/h1-6H,7-8H2,(H,17,18,20). The van der Waals surface area contributed by atoms with Crippen LogP contribution < -0.4 is 15.0 Å². The van der Waals surface area contributed by atoms with Crippen molar-refractivity contribution in [3.05, 3.63) is 42.5 Å². The van der Waals surface area contributed by atoms with E-state index < -0.39 is 11.7 Å². The molecule has 0 unspecified atom stereocenters. The highest BCUT2D eigenvalue weighted by molar-refractivity contribution is 6.03. The van der Waals surface area contributed by atoms with Crippen LogP contribution in [0.1, 0.15) is 0 Å². The largest absolute Gasteiger partial charge is 0.480 e. The fourth-order valence-electron chi connectivity index (χ4n) is 1.97. The lowest BCUT2D eigenvalue weighted by molar-refractivity contribution is -0.123. The first-order valence-corrected chi connectivity index (χ1v) is 6.43. The maximum atomic E-state index is 12.8. The lowest BCUT2D eigenvalue weighted by atomic mass is 10.3. The summed E-state index contributed by atoms with van der Waals surface area (Å²) in [5, 5.41) is 2.49. The molecule has 0 atom stereocenters. The average molecular weight is 302 g/mol. The van der Waals surface area contributed by atoms with Gasteiger partial charge in [0.2, 0.25) is 5.91 Å². The highest BCUT2D eigenvalue weighted by atomic mass is 19.1. The minimum Gasteiger partial charge on any atom is -0.480 e. The number of carbonyl (C=O) groups is 2. The minimum absolute atomic E-state index is 0.152. The zero-order chi connectivity index (χ0) is 15.5. The molecular weight excluding hydrogens is 291 g/mol. The molecule has 2 aromatic heterocycles. The SMILES string of the molecule is O=C(CN1C(=O)COc2cccnc21)Nc1ccc(F)cn1. The maximum Gasteiger partial charge on any atom is 0.266 e. The number of nitrogens with one attached hydrogen (secondary N) is 1. The summed E-state index contributed by atoms with van der Waals surface area (Å²) in [6.07, 6.45) is 2.50. The number of amides is 2. The minimum atomic E-state index is -0.500. The third-order valence-electron chi connectivity index (χ3n) is 2.96. The molecule has 0 spiro atoms. The third-order valence-corrected chi connectivity index (χ3v) is 2.96. The molecule has 2 aromatic rings. The predicted octanol–water partition coefficient (Wildman–Crippen LogP) is 0.980. The summed E-state index contributed by atoms with van der Waals surface area (Å²) >= 11 is 0. The first-order chi connectivity index (χ1) is 10.6. The van der Waals surface area contributed by atoms with Crippen molar-refractivity contribution in [2.45, 2.75) is 0 Å². The van der Waals surface area contributed by atoms with Gasteiger partial charge in [-0.1, -0.05) is 0 Å². The normalized spacial score (nSPS) is 13.3. The van der Waals surface area contributed by atoms with E-state index in [0.29, 0.717) is 11.6 Å². The second-order valence-corrected chi connectivity index (χ2v) is 4.50. The van der Waals surface area contributed by atoms with Crippen molar-refractivity contribution in [1.82, 2.24) is 9.97 Å². The summed E-state index contributed by atoms with van der Waals surface area (Å²) in [7, 11) is 0. The molecular formula is C14H11FN4O3. The fraction of sp³-hybridized carbons (Fsp3) is 0.143. The Kier molecular flexibility index (Phi) is 3.65. The number of halogens is 1. The van der Waals surface area contributed by atoms with Crippen molar-refractivity contribution in [1.29, 1.82) is 0 Å². The zero-order valence-electron chi connectivity index (χ0n) is 11.3. The van der Waals surface area contributed by atoms with Crippen LogP contribution in [0, 0.1) is 5.82 Å². The third kappa shape index (κ3) is 2.85. The number of hydrogen-bond donors (Lipinski definition) is 1. The van der Waals surface area contributed by atoms with Crippen molar-refractivity contribution in [2.24, 2.45) is 0 Å². The van der Waals surface area contributed by atoms with Gasteiger partial charge in [0.05, 0.1) is 6.20 Å². The van der Waals surface area contributed by atoms with E-state index in [2.05, 4.69) is 15.3 Å². The van der Waals surface area contributed by atoms with E-state index in [1.54, 1.807) is 12.1 Å². The summed E-state index contributed by atoms with van der Waals surface area (Å²) in [4.78, 5) is 32.9. The van der Waals surface area contributed by atoms with E-state index >= 15 is 0 Å². The number of rotatable bonds is 3. The predicted molar refractivity (Wildman–Crippen MR) is 74.9 cm³/mol. The van der Waals surface area contributed by atoms with Crippen LogP contribution >= 0.6 is 0 Å². The Morgan fingerprint density at radius 2 is 2.23 bits per heavy atom. The number of aromatic nitrogens is 2. The Balaban J connectivity index is 1.73. The summed E-state index contributed by atoms with van der Waals surface area (Å²) in [6.45, 7) is -0.383. The van der Waals surface area contributed by atoms with E-state index in [0.717, 1.165) is 6.20 Å². The molecule has 3 heterocycles. The van der Waals surface area contributed by atoms with Crippen LogP contribution in [-0.4, -0.2) is 34.9 Å². The van der Waals surface area contributed by atoms with Crippen LogP contribution in [0.3, 0.4) is 0 Å². The fourth-order valence-corrected chi connectivity index (χ4v) is 1.97. The van der Waals surface area contributed by atoms with Crippen molar-refractivity contribution in [3.8, 4) is 5.75 Å². The molecule has 7 nitrogen and oxygen atoms in total. The molecule has 3 rings (SSSR count). The van der Waals surface area contributed by atoms with Gasteiger partial charge in [-0.05, 0) is 24.3 Å². The second kappa shape index (κ2) is 5.76. The van der Waals surface area contributed by atoms with Crippen molar-refractivity contribution >= 4 is 23.5 Å². The lowest BCUT2D eigenvalue weighted by Gasteiger charge is -2.27. The van der Waals surface area contributed by atoms with Crippen molar-refractivity contribution in [2.75, 3.05) is 23.4 Å². The number of carbonyl (C=O) groups excluding carboxylic acids is 2. The Bertz CT molecular complexity index is 720. The van der Waals surface area contributed by atoms with Crippen LogP contribution in [0.25, 0.3) is 0 Å². The van der Waals surface area contributed by atoms with Gasteiger partial charge in [0.15, 0.2) is 18.2 Å². The molecule has 1 aliphatic rings. The molecule has 0 radical (unpaired) electrons. The molecule has 0 saturated heterocycles. The molecule has 2 amide bonds. The van der Waals surface area contributed by atoms with E-state index in [9.17, 15) is 14.0 Å². The number of fused-ring (bicyclic) bond motifs is 1. The molecule has 0 bridgehead atoms. The summed E-state index contributed by atoms with van der Waals surface area (Å²) in [6, 6.07) is 5.86. The molecule has 22 heavy (non-hydrogen) atoms. The molecule has 0 aliphatic carbocycles. The highest BCUT2D eigenvalue weighted by Crippen LogP contribution is 2.28. The van der Waals surface area contributed by atoms with Gasteiger partial charge in [-0.3, -0.25) is 14.5 Å². The van der Waals surface area contributed by atoms with Gasteiger partial charge >= 0.3 is 0 Å². The first-order valence-electron chi connectivity index (χ1n) is 6.43. The van der Waals surface area contributed by atoms with Crippen molar-refractivity contribution in [3.63, 3.8) is 0 Å². The quantitative estimate of drug-likeness (QED) is 0.913. The van der Waals surface area contributed by atoms with Crippen LogP contribution in [0.4, 0.5) is 16.0 Å². The Hall–Kier alpha value is -3.03. The van der Waals surface area contributed by atoms with Crippen LogP contribution in [-0.2, 0) is 9.59 Å². The molecule has 0 saturated carbocycles. The van der Waals surface area contributed by atoms with Gasteiger partial charge in [0.1, 0.15) is 18.2 Å². The zero-order valence-corrected chi connectivity index (χ0v) is 11.3. The van der Waals surface area contributed by atoms with E-state index in [4.69, 9.17) is 4.74 Å². The average Bonchev–Trinajstić information content (AvgIpc) is 2.52. The van der Waals surface area contributed by atoms with Gasteiger partial charge in [-0.25, -0.2) is 14.4 Å². The van der Waals surface area contributed by atoms with Crippen LogP contribution in [0.2, 0.25) is 0 Å². The van der Waals surface area contributed by atoms with E-state index in [1.165, 1.54) is 23.2 Å². The summed E-state index contributed by atoms with van der Waals surface area (Å²) < 4.78 is 18.0. The van der Waals surface area contributed by atoms with Gasteiger partial charge in [0.25, 0.3) is 5.91 Å². The number of pyridine rings is 2. The maximum absolute atomic E-state index is 12.8. The van der Waals surface area contributed by atoms with E-state index in [1.807, 2.05) is 0 Å². The van der Waals surface area contributed by atoms with Crippen LogP contribution in [0.5, 0.6) is 5.75 Å². The van der Waals surface area contributed by atoms with Crippen LogP contribution in [0.15, 0.2) is 36.7 Å². The number of anilines is 2. The first kappa shape index (κ1) is 13.9. The number of ether oxygens (including phenoxy) is 1.